The van der Waals surface area contributed by atoms with E-state index < -0.39 is 18.2 Å². The van der Waals surface area contributed by atoms with Crippen molar-refractivity contribution < 1.29 is 32.3 Å². The summed E-state index contributed by atoms with van der Waals surface area (Å²) in [6.07, 6.45) is -5.43. The monoisotopic (exact) mass is 395 g/mol. The maximum Gasteiger partial charge on any atom is 0.492 e. The molecule has 0 bridgehead atoms. The minimum atomic E-state index is -5.02. The molecule has 28 heavy (non-hydrogen) atoms. The average molecular weight is 395 g/mol. The van der Waals surface area contributed by atoms with Crippen LogP contribution in [0.5, 0.6) is 11.5 Å². The Balaban J connectivity index is 1.72. The number of carbonyl (C=O) groups excluding carboxylic acids is 1. The number of rotatable bonds is 5. The number of alkyl halides is 3. The SMILES string of the molecule is COc1ccc(-c2c(C)cccc2C)cc1OC1CN(OC(=O)C(F)(F)F)C1. The van der Waals surface area contributed by atoms with Crippen LogP contribution >= 0.6 is 0 Å². The van der Waals surface area contributed by atoms with E-state index in [1.54, 1.807) is 6.07 Å². The van der Waals surface area contributed by atoms with Gasteiger partial charge in [0.05, 0.1) is 20.2 Å². The highest BCUT2D eigenvalue weighted by molar-refractivity contribution is 5.75. The van der Waals surface area contributed by atoms with Gasteiger partial charge in [0.25, 0.3) is 0 Å². The van der Waals surface area contributed by atoms with Crippen molar-refractivity contribution in [1.29, 1.82) is 0 Å². The first kappa shape index (κ1) is 20.0. The fourth-order valence-corrected chi connectivity index (χ4v) is 3.09. The van der Waals surface area contributed by atoms with Crippen molar-refractivity contribution in [3.8, 4) is 22.6 Å². The molecule has 3 rings (SSSR count). The van der Waals surface area contributed by atoms with Gasteiger partial charge in [0.1, 0.15) is 6.10 Å². The Morgan fingerprint density at radius 2 is 1.71 bits per heavy atom. The summed E-state index contributed by atoms with van der Waals surface area (Å²) < 4.78 is 47.9. The number of hydroxylamine groups is 2. The van der Waals surface area contributed by atoms with Crippen LogP contribution in [-0.2, 0) is 9.63 Å². The summed E-state index contributed by atoms with van der Waals surface area (Å²) in [4.78, 5) is 15.1. The van der Waals surface area contributed by atoms with E-state index in [1.165, 1.54) is 7.11 Å². The van der Waals surface area contributed by atoms with Crippen molar-refractivity contribution in [3.63, 3.8) is 0 Å². The van der Waals surface area contributed by atoms with Crippen LogP contribution in [0.25, 0.3) is 11.1 Å². The Bertz CT molecular complexity index is 856. The van der Waals surface area contributed by atoms with Crippen LogP contribution < -0.4 is 9.47 Å². The number of carbonyl (C=O) groups is 1. The van der Waals surface area contributed by atoms with E-state index in [1.807, 2.05) is 44.2 Å². The molecule has 150 valence electrons. The third kappa shape index (κ3) is 4.22. The Hall–Kier alpha value is -2.74. The molecule has 0 unspecified atom stereocenters. The molecule has 0 amide bonds. The lowest BCUT2D eigenvalue weighted by molar-refractivity contribution is -0.262. The molecular formula is C20H20F3NO4. The minimum Gasteiger partial charge on any atom is -0.493 e. The highest BCUT2D eigenvalue weighted by Gasteiger charge is 2.44. The van der Waals surface area contributed by atoms with Crippen molar-refractivity contribution in [2.75, 3.05) is 20.2 Å². The summed E-state index contributed by atoms with van der Waals surface area (Å²) in [7, 11) is 1.51. The van der Waals surface area contributed by atoms with Gasteiger partial charge >= 0.3 is 12.1 Å². The van der Waals surface area contributed by atoms with Crippen LogP contribution in [0.1, 0.15) is 11.1 Å². The number of halogens is 3. The lowest BCUT2D eigenvalue weighted by Gasteiger charge is -2.37. The molecule has 5 nitrogen and oxygen atoms in total. The van der Waals surface area contributed by atoms with Gasteiger partial charge in [0, 0.05) is 0 Å². The number of hydrogen-bond acceptors (Lipinski definition) is 5. The van der Waals surface area contributed by atoms with E-state index in [9.17, 15) is 18.0 Å². The van der Waals surface area contributed by atoms with Crippen LogP contribution in [0.2, 0.25) is 0 Å². The molecule has 0 aliphatic carbocycles. The van der Waals surface area contributed by atoms with E-state index >= 15 is 0 Å². The molecule has 0 atom stereocenters. The zero-order valence-electron chi connectivity index (χ0n) is 15.7. The van der Waals surface area contributed by atoms with Crippen molar-refractivity contribution in [2.45, 2.75) is 26.1 Å². The minimum absolute atomic E-state index is 0.0403. The molecule has 1 aliphatic heterocycles. The fourth-order valence-electron chi connectivity index (χ4n) is 3.09. The molecule has 0 N–H and O–H groups in total. The molecule has 0 spiro atoms. The number of methoxy groups -OCH3 is 1. The van der Waals surface area contributed by atoms with Gasteiger partial charge in [-0.05, 0) is 48.2 Å². The highest BCUT2D eigenvalue weighted by Crippen LogP contribution is 2.36. The third-order valence-corrected chi connectivity index (χ3v) is 4.49. The third-order valence-electron chi connectivity index (χ3n) is 4.49. The van der Waals surface area contributed by atoms with Gasteiger partial charge in [-0.3, -0.25) is 0 Å². The van der Waals surface area contributed by atoms with Gasteiger partial charge in [0.15, 0.2) is 11.5 Å². The highest BCUT2D eigenvalue weighted by atomic mass is 19.4. The van der Waals surface area contributed by atoms with Gasteiger partial charge in [0.2, 0.25) is 0 Å². The van der Waals surface area contributed by atoms with Crippen LogP contribution in [-0.4, -0.2) is 43.5 Å². The van der Waals surface area contributed by atoms with Crippen molar-refractivity contribution in [2.24, 2.45) is 0 Å². The van der Waals surface area contributed by atoms with Crippen LogP contribution in [0.15, 0.2) is 36.4 Å². The number of ether oxygens (including phenoxy) is 2. The Morgan fingerprint density at radius 1 is 1.07 bits per heavy atom. The number of nitrogens with zero attached hydrogens (tertiary/aromatic N) is 1. The average Bonchev–Trinajstić information content (AvgIpc) is 2.59. The number of hydrogen-bond donors (Lipinski definition) is 0. The molecule has 1 fully saturated rings. The topological polar surface area (TPSA) is 48.0 Å². The van der Waals surface area contributed by atoms with Gasteiger partial charge in [-0.1, -0.05) is 24.3 Å². The van der Waals surface area contributed by atoms with Crippen LogP contribution in [0, 0.1) is 13.8 Å². The second-order valence-electron chi connectivity index (χ2n) is 6.60. The van der Waals surface area contributed by atoms with Crippen molar-refractivity contribution >= 4 is 5.97 Å². The van der Waals surface area contributed by atoms with E-state index in [0.29, 0.717) is 11.5 Å². The number of benzene rings is 2. The molecule has 1 heterocycles. The molecule has 0 radical (unpaired) electrons. The Labute approximate surface area is 160 Å². The summed E-state index contributed by atoms with van der Waals surface area (Å²) in [5.41, 5.74) is 4.27. The smallest absolute Gasteiger partial charge is 0.492 e. The summed E-state index contributed by atoms with van der Waals surface area (Å²) in [5.74, 6) is -1.24. The van der Waals surface area contributed by atoms with Gasteiger partial charge < -0.3 is 14.3 Å². The first-order valence-electron chi connectivity index (χ1n) is 8.64. The summed E-state index contributed by atoms with van der Waals surface area (Å²) >= 11 is 0. The second-order valence-corrected chi connectivity index (χ2v) is 6.60. The van der Waals surface area contributed by atoms with Crippen molar-refractivity contribution in [3.05, 3.63) is 47.5 Å². The Morgan fingerprint density at radius 3 is 2.29 bits per heavy atom. The fraction of sp³-hybridized carbons (Fsp3) is 0.350. The Kier molecular flexibility index (Phi) is 5.51. The quantitative estimate of drug-likeness (QED) is 0.764. The predicted octanol–water partition coefficient (Wildman–Crippen LogP) is 4.06. The molecule has 0 saturated carbocycles. The molecule has 2 aromatic carbocycles. The number of aryl methyl sites for hydroxylation is 2. The molecule has 2 aromatic rings. The first-order chi connectivity index (χ1) is 13.2. The molecule has 8 heteroatoms. The maximum absolute atomic E-state index is 12.2. The molecule has 1 aliphatic rings. The predicted molar refractivity (Wildman–Crippen MR) is 96.0 cm³/mol. The summed E-state index contributed by atoms with van der Waals surface area (Å²) in [6.45, 7) is 4.12. The summed E-state index contributed by atoms with van der Waals surface area (Å²) in [5, 5.41) is 0.919. The van der Waals surface area contributed by atoms with E-state index in [0.717, 1.165) is 27.3 Å². The van der Waals surface area contributed by atoms with Gasteiger partial charge in [-0.2, -0.15) is 13.2 Å². The summed E-state index contributed by atoms with van der Waals surface area (Å²) in [6, 6.07) is 11.6. The molecular weight excluding hydrogens is 375 g/mol. The van der Waals surface area contributed by atoms with Gasteiger partial charge in [-0.25, -0.2) is 4.79 Å². The zero-order valence-corrected chi connectivity index (χ0v) is 15.7. The van der Waals surface area contributed by atoms with Gasteiger partial charge in [-0.15, -0.1) is 5.06 Å². The zero-order chi connectivity index (χ0) is 20.5. The van der Waals surface area contributed by atoms with Crippen molar-refractivity contribution in [1.82, 2.24) is 5.06 Å². The molecule has 0 aromatic heterocycles. The largest absolute Gasteiger partial charge is 0.493 e. The normalized spacial score (nSPS) is 15.1. The lowest BCUT2D eigenvalue weighted by atomic mass is 9.95. The van der Waals surface area contributed by atoms with E-state index in [-0.39, 0.29) is 13.1 Å². The first-order valence-corrected chi connectivity index (χ1v) is 8.64. The van der Waals surface area contributed by atoms with Crippen LogP contribution in [0.3, 0.4) is 0 Å². The lowest BCUT2D eigenvalue weighted by Crippen LogP contribution is -2.55. The standard InChI is InChI=1S/C20H20F3NO4/c1-12-5-4-6-13(2)18(12)14-7-8-16(26-3)17(9-14)27-15-10-24(11-15)28-19(25)20(21,22)23/h4-9,15H,10-11H2,1-3H3. The van der Waals surface area contributed by atoms with Crippen LogP contribution in [0.4, 0.5) is 13.2 Å². The maximum atomic E-state index is 12.2. The second kappa shape index (κ2) is 7.71. The molecule has 1 saturated heterocycles. The van der Waals surface area contributed by atoms with E-state index in [4.69, 9.17) is 9.47 Å². The van der Waals surface area contributed by atoms with E-state index in [2.05, 4.69) is 4.84 Å².